The Bertz CT molecular complexity index is 476. The number of nitrogens with one attached hydrogen (secondary N) is 1. The Balaban J connectivity index is 2.11. The van der Waals surface area contributed by atoms with Gasteiger partial charge in [0.15, 0.2) is 0 Å². The van der Waals surface area contributed by atoms with Gasteiger partial charge in [0.1, 0.15) is 0 Å². The molecule has 1 aromatic rings. The predicted molar refractivity (Wildman–Crippen MR) is 85.3 cm³/mol. The van der Waals surface area contributed by atoms with E-state index in [1.54, 1.807) is 18.2 Å². The van der Waals surface area contributed by atoms with Crippen molar-refractivity contribution in [2.75, 3.05) is 0 Å². The van der Waals surface area contributed by atoms with E-state index in [0.29, 0.717) is 6.04 Å². The van der Waals surface area contributed by atoms with Gasteiger partial charge in [-0.15, -0.1) is 0 Å². The van der Waals surface area contributed by atoms with Crippen LogP contribution in [-0.2, 0) is 0 Å². The highest BCUT2D eigenvalue weighted by Crippen LogP contribution is 2.30. The van der Waals surface area contributed by atoms with Crippen molar-refractivity contribution in [2.45, 2.75) is 64.5 Å². The van der Waals surface area contributed by atoms with Crippen molar-refractivity contribution in [3.63, 3.8) is 0 Å². The summed E-state index contributed by atoms with van der Waals surface area (Å²) in [6.45, 7) is 4.40. The second-order valence-electron chi connectivity index (χ2n) is 6.04. The zero-order chi connectivity index (χ0) is 15.2. The molecule has 1 N–H and O–H groups in total. The van der Waals surface area contributed by atoms with Gasteiger partial charge < -0.3 is 5.32 Å². The first-order valence-corrected chi connectivity index (χ1v) is 8.16. The normalized spacial score (nSPS) is 23.7. The molecule has 0 bridgehead atoms. The van der Waals surface area contributed by atoms with Crippen LogP contribution >= 0.6 is 0 Å². The molecule has 0 saturated heterocycles. The third-order valence-corrected chi connectivity index (χ3v) is 4.74. The number of hydrogen-bond donors (Lipinski definition) is 1. The van der Waals surface area contributed by atoms with Gasteiger partial charge in [-0.05, 0) is 30.7 Å². The molecule has 4 heteroatoms. The van der Waals surface area contributed by atoms with E-state index >= 15 is 0 Å². The Labute approximate surface area is 127 Å². The van der Waals surface area contributed by atoms with Crippen LogP contribution in [0, 0.1) is 16.0 Å². The molecule has 2 rings (SSSR count). The van der Waals surface area contributed by atoms with Crippen LogP contribution in [0.15, 0.2) is 24.3 Å². The molecule has 1 saturated carbocycles. The third kappa shape index (κ3) is 4.03. The molecular weight excluding hydrogens is 264 g/mol. The van der Waals surface area contributed by atoms with Crippen molar-refractivity contribution in [1.29, 1.82) is 0 Å². The van der Waals surface area contributed by atoms with Crippen molar-refractivity contribution in [3.8, 4) is 0 Å². The summed E-state index contributed by atoms with van der Waals surface area (Å²) in [7, 11) is 0. The third-order valence-electron chi connectivity index (χ3n) is 4.74. The van der Waals surface area contributed by atoms with E-state index in [1.165, 1.54) is 32.1 Å². The molecule has 3 atom stereocenters. The lowest BCUT2D eigenvalue weighted by atomic mass is 9.82. The largest absolute Gasteiger partial charge is 0.307 e. The maximum absolute atomic E-state index is 10.9. The summed E-state index contributed by atoms with van der Waals surface area (Å²) in [4.78, 5) is 10.6. The summed E-state index contributed by atoms with van der Waals surface area (Å²) >= 11 is 0. The number of nitro benzene ring substituents is 1. The Morgan fingerprint density at radius 3 is 2.76 bits per heavy atom. The molecule has 1 aromatic carbocycles. The molecule has 1 fully saturated rings. The minimum absolute atomic E-state index is 0.184. The number of benzene rings is 1. The molecular formula is C17H26N2O2. The molecule has 116 valence electrons. The van der Waals surface area contributed by atoms with Gasteiger partial charge in [0.05, 0.1) is 4.92 Å². The van der Waals surface area contributed by atoms with Gasteiger partial charge in [0, 0.05) is 24.2 Å². The number of nitrogens with zero attached hydrogens (tertiary/aromatic N) is 1. The van der Waals surface area contributed by atoms with Crippen LogP contribution in [0.5, 0.6) is 0 Å². The molecule has 0 radical (unpaired) electrons. The second-order valence-corrected chi connectivity index (χ2v) is 6.04. The maximum atomic E-state index is 10.9. The van der Waals surface area contributed by atoms with Crippen LogP contribution in [0.4, 0.5) is 5.69 Å². The van der Waals surface area contributed by atoms with Gasteiger partial charge in [-0.3, -0.25) is 10.1 Å². The van der Waals surface area contributed by atoms with E-state index in [9.17, 15) is 10.1 Å². The average Bonchev–Trinajstić information content (AvgIpc) is 2.53. The zero-order valence-electron chi connectivity index (χ0n) is 13.0. The van der Waals surface area contributed by atoms with Gasteiger partial charge in [-0.1, -0.05) is 45.2 Å². The van der Waals surface area contributed by atoms with Crippen LogP contribution in [0.1, 0.15) is 64.0 Å². The first-order chi connectivity index (χ1) is 10.2. The lowest BCUT2D eigenvalue weighted by molar-refractivity contribution is -0.384. The molecule has 4 nitrogen and oxygen atoms in total. The summed E-state index contributed by atoms with van der Waals surface area (Å²) in [6, 6.07) is 7.82. The van der Waals surface area contributed by atoms with Crippen LogP contribution < -0.4 is 5.32 Å². The van der Waals surface area contributed by atoms with E-state index in [4.69, 9.17) is 0 Å². The molecule has 1 aliphatic carbocycles. The number of nitro groups is 1. The molecule has 0 heterocycles. The molecule has 0 aliphatic heterocycles. The molecule has 21 heavy (non-hydrogen) atoms. The minimum atomic E-state index is -0.314. The predicted octanol–water partition coefficient (Wildman–Crippen LogP) is 4.60. The summed E-state index contributed by atoms with van der Waals surface area (Å²) in [5, 5.41) is 14.7. The molecule has 0 spiro atoms. The van der Waals surface area contributed by atoms with E-state index in [1.807, 2.05) is 6.07 Å². The molecule has 3 unspecified atom stereocenters. The fourth-order valence-electron chi connectivity index (χ4n) is 3.48. The highest BCUT2D eigenvalue weighted by atomic mass is 16.6. The van der Waals surface area contributed by atoms with Gasteiger partial charge >= 0.3 is 0 Å². The quantitative estimate of drug-likeness (QED) is 0.615. The lowest BCUT2D eigenvalue weighted by Gasteiger charge is -2.34. The fraction of sp³-hybridized carbons (Fsp3) is 0.647. The SMILES string of the molecule is CCC(NC1CCCCC1CC)c1cccc([N+](=O)[O-])c1. The highest BCUT2D eigenvalue weighted by Gasteiger charge is 2.26. The topological polar surface area (TPSA) is 55.2 Å². The van der Waals surface area contributed by atoms with E-state index in [0.717, 1.165) is 17.9 Å². The summed E-state index contributed by atoms with van der Waals surface area (Å²) in [5.41, 5.74) is 1.22. The van der Waals surface area contributed by atoms with Crippen molar-refractivity contribution in [2.24, 2.45) is 5.92 Å². The Morgan fingerprint density at radius 2 is 2.10 bits per heavy atom. The van der Waals surface area contributed by atoms with E-state index in [-0.39, 0.29) is 16.7 Å². The van der Waals surface area contributed by atoms with Gasteiger partial charge in [0.2, 0.25) is 0 Å². The average molecular weight is 290 g/mol. The second kappa shape index (κ2) is 7.55. The number of non-ortho nitro benzene ring substituents is 1. The van der Waals surface area contributed by atoms with Crippen molar-refractivity contribution in [3.05, 3.63) is 39.9 Å². The Hall–Kier alpha value is -1.42. The molecule has 1 aliphatic rings. The van der Waals surface area contributed by atoms with Gasteiger partial charge in [-0.2, -0.15) is 0 Å². The summed E-state index contributed by atoms with van der Waals surface area (Å²) in [6.07, 6.45) is 7.32. The summed E-state index contributed by atoms with van der Waals surface area (Å²) < 4.78 is 0. The summed E-state index contributed by atoms with van der Waals surface area (Å²) in [5.74, 6) is 0.742. The lowest BCUT2D eigenvalue weighted by Crippen LogP contribution is -2.40. The number of rotatable bonds is 6. The van der Waals surface area contributed by atoms with Gasteiger partial charge in [-0.25, -0.2) is 0 Å². The first-order valence-electron chi connectivity index (χ1n) is 8.16. The van der Waals surface area contributed by atoms with Crippen LogP contribution in [-0.4, -0.2) is 11.0 Å². The minimum Gasteiger partial charge on any atom is -0.307 e. The van der Waals surface area contributed by atoms with E-state index in [2.05, 4.69) is 19.2 Å². The Morgan fingerprint density at radius 1 is 1.33 bits per heavy atom. The molecule has 0 amide bonds. The van der Waals surface area contributed by atoms with E-state index < -0.39 is 0 Å². The Kier molecular flexibility index (Phi) is 5.74. The first kappa shape index (κ1) is 16.0. The monoisotopic (exact) mass is 290 g/mol. The van der Waals surface area contributed by atoms with Crippen LogP contribution in [0.3, 0.4) is 0 Å². The van der Waals surface area contributed by atoms with Crippen molar-refractivity contribution < 1.29 is 4.92 Å². The highest BCUT2D eigenvalue weighted by molar-refractivity contribution is 5.35. The van der Waals surface area contributed by atoms with Crippen LogP contribution in [0.2, 0.25) is 0 Å². The fourth-order valence-corrected chi connectivity index (χ4v) is 3.48. The van der Waals surface area contributed by atoms with Crippen molar-refractivity contribution >= 4 is 5.69 Å². The van der Waals surface area contributed by atoms with Gasteiger partial charge in [0.25, 0.3) is 5.69 Å². The van der Waals surface area contributed by atoms with Crippen LogP contribution in [0.25, 0.3) is 0 Å². The standard InChI is InChI=1S/C17H26N2O2/c1-3-13-8-5-6-11-17(13)18-16(4-2)14-9-7-10-15(12-14)19(20)21/h7,9-10,12-13,16-18H,3-6,8,11H2,1-2H3. The maximum Gasteiger partial charge on any atom is 0.269 e. The van der Waals surface area contributed by atoms with Crippen molar-refractivity contribution in [1.82, 2.24) is 5.32 Å². The number of hydrogen-bond acceptors (Lipinski definition) is 3. The zero-order valence-corrected chi connectivity index (χ0v) is 13.0. The smallest absolute Gasteiger partial charge is 0.269 e. The molecule has 0 aromatic heterocycles.